The van der Waals surface area contributed by atoms with Crippen molar-refractivity contribution >= 4 is 35.0 Å². The summed E-state index contributed by atoms with van der Waals surface area (Å²) in [7, 11) is 0. The molecule has 2 saturated heterocycles. The van der Waals surface area contributed by atoms with Gasteiger partial charge in [0.2, 0.25) is 17.7 Å². The number of carbonyl (C=O) groups excluding carboxylic acids is 3. The van der Waals surface area contributed by atoms with Crippen LogP contribution in [0.3, 0.4) is 0 Å². The average Bonchev–Trinajstić information content (AvgIpc) is 3.48. The van der Waals surface area contributed by atoms with E-state index in [1.54, 1.807) is 17.0 Å². The summed E-state index contributed by atoms with van der Waals surface area (Å²) in [5.41, 5.74) is 0.369. The molecule has 3 heterocycles. The highest BCUT2D eigenvalue weighted by atomic mass is 35.5. The molecule has 1 aromatic carbocycles. The van der Waals surface area contributed by atoms with E-state index < -0.39 is 29.6 Å². The van der Waals surface area contributed by atoms with E-state index in [9.17, 15) is 14.4 Å². The van der Waals surface area contributed by atoms with Gasteiger partial charge in [-0.05, 0) is 49.8 Å². The maximum atomic E-state index is 13.9. The Bertz CT molecular complexity index is 1080. The van der Waals surface area contributed by atoms with Crippen LogP contribution in [0.5, 0.6) is 0 Å². The summed E-state index contributed by atoms with van der Waals surface area (Å²) in [6.45, 7) is 6.55. The Labute approximate surface area is 218 Å². The van der Waals surface area contributed by atoms with Gasteiger partial charge >= 0.3 is 0 Å². The van der Waals surface area contributed by atoms with Crippen molar-refractivity contribution in [2.45, 2.75) is 83.1 Å². The third-order valence-electron chi connectivity index (χ3n) is 8.26. The fourth-order valence-electron chi connectivity index (χ4n) is 6.33. The lowest BCUT2D eigenvalue weighted by Gasteiger charge is -2.34. The summed E-state index contributed by atoms with van der Waals surface area (Å²) in [6.07, 6.45) is 9.25. The number of nitrogens with one attached hydrogen (secondary N) is 2. The van der Waals surface area contributed by atoms with Gasteiger partial charge in [0.1, 0.15) is 11.6 Å². The Balaban J connectivity index is 1.42. The molecule has 0 unspecified atom stereocenters. The molecule has 3 fully saturated rings. The number of nitrogens with zero attached hydrogens (tertiary/aromatic N) is 1. The second-order valence-corrected chi connectivity index (χ2v) is 11.6. The molecule has 3 aliphatic heterocycles. The molecule has 2 bridgehead atoms. The molecule has 0 radical (unpaired) electrons. The first-order chi connectivity index (χ1) is 17.2. The molecule has 2 N–H and O–H groups in total. The Morgan fingerprint density at radius 3 is 2.64 bits per heavy atom. The van der Waals surface area contributed by atoms with Gasteiger partial charge in [-0.15, -0.1) is 0 Å². The number of carbonyl (C=O) groups is 3. The minimum Gasteiger partial charge on any atom is -0.359 e. The number of halogens is 1. The highest BCUT2D eigenvalue weighted by molar-refractivity contribution is 6.31. The van der Waals surface area contributed by atoms with Crippen LogP contribution in [0.15, 0.2) is 30.4 Å². The molecule has 36 heavy (non-hydrogen) atoms. The predicted molar refractivity (Wildman–Crippen MR) is 139 cm³/mol. The van der Waals surface area contributed by atoms with Crippen molar-refractivity contribution in [3.63, 3.8) is 0 Å². The summed E-state index contributed by atoms with van der Waals surface area (Å²) in [5.74, 6) is -1.71. The molecule has 0 aromatic heterocycles. The third kappa shape index (κ3) is 4.34. The van der Waals surface area contributed by atoms with Crippen molar-refractivity contribution in [1.29, 1.82) is 0 Å². The fourth-order valence-corrected chi connectivity index (χ4v) is 6.51. The summed E-state index contributed by atoms with van der Waals surface area (Å²) >= 11 is 6.25. The molecule has 5 atom stereocenters. The first kappa shape index (κ1) is 25.3. The molecule has 194 valence electrons. The van der Waals surface area contributed by atoms with Crippen molar-refractivity contribution in [2.75, 3.05) is 11.9 Å². The number of ether oxygens (including phenoxy) is 1. The van der Waals surface area contributed by atoms with Crippen LogP contribution in [0.1, 0.15) is 57.9 Å². The largest absolute Gasteiger partial charge is 0.359 e. The van der Waals surface area contributed by atoms with E-state index in [-0.39, 0.29) is 23.8 Å². The van der Waals surface area contributed by atoms with Gasteiger partial charge < -0.3 is 20.3 Å². The molecule has 5 rings (SSSR count). The Hall–Kier alpha value is -2.38. The highest BCUT2D eigenvalue weighted by Gasteiger charge is 2.72. The fraction of sp³-hybridized carbons (Fsp3) is 0.607. The summed E-state index contributed by atoms with van der Waals surface area (Å²) in [4.78, 5) is 42.8. The van der Waals surface area contributed by atoms with Gasteiger partial charge in [0, 0.05) is 23.3 Å². The van der Waals surface area contributed by atoms with Crippen LogP contribution in [0.4, 0.5) is 5.69 Å². The smallest absolute Gasteiger partial charge is 0.246 e. The summed E-state index contributed by atoms with van der Waals surface area (Å²) in [6, 6.07) is 4.70. The number of anilines is 1. The molecule has 8 heteroatoms. The van der Waals surface area contributed by atoms with Crippen LogP contribution < -0.4 is 10.6 Å². The molecular weight excluding hydrogens is 478 g/mol. The van der Waals surface area contributed by atoms with E-state index in [0.29, 0.717) is 23.2 Å². The molecular formula is C28H36ClN3O4. The Morgan fingerprint density at radius 1 is 1.19 bits per heavy atom. The van der Waals surface area contributed by atoms with Gasteiger partial charge in [-0.2, -0.15) is 0 Å². The number of hydrogen-bond donors (Lipinski definition) is 2. The first-order valence-corrected chi connectivity index (χ1v) is 13.6. The van der Waals surface area contributed by atoms with Crippen LogP contribution >= 0.6 is 11.6 Å². The lowest BCUT2D eigenvalue weighted by Crippen LogP contribution is -2.56. The second-order valence-electron chi connectivity index (χ2n) is 11.2. The topological polar surface area (TPSA) is 87.7 Å². The maximum absolute atomic E-state index is 13.9. The molecule has 7 nitrogen and oxygen atoms in total. The third-order valence-corrected chi connectivity index (χ3v) is 8.67. The zero-order valence-corrected chi connectivity index (χ0v) is 22.0. The van der Waals surface area contributed by atoms with Gasteiger partial charge in [-0.3, -0.25) is 14.4 Å². The van der Waals surface area contributed by atoms with Gasteiger partial charge in [0.25, 0.3) is 0 Å². The van der Waals surface area contributed by atoms with Crippen molar-refractivity contribution in [1.82, 2.24) is 10.2 Å². The van der Waals surface area contributed by atoms with Crippen LogP contribution in [0, 0.1) is 24.7 Å². The number of amides is 3. The van der Waals surface area contributed by atoms with E-state index in [1.165, 1.54) is 6.42 Å². The van der Waals surface area contributed by atoms with E-state index in [2.05, 4.69) is 24.5 Å². The number of benzene rings is 1. The number of rotatable bonds is 7. The molecule has 1 aliphatic carbocycles. The van der Waals surface area contributed by atoms with Crippen LogP contribution in [-0.4, -0.2) is 53.0 Å². The number of aryl methyl sites for hydroxylation is 1. The van der Waals surface area contributed by atoms with Crippen molar-refractivity contribution < 1.29 is 19.1 Å². The number of likely N-dealkylation sites (tertiary alicyclic amines) is 1. The first-order valence-electron chi connectivity index (χ1n) is 13.3. The Kier molecular flexibility index (Phi) is 6.90. The van der Waals surface area contributed by atoms with Crippen LogP contribution in [0.25, 0.3) is 0 Å². The monoisotopic (exact) mass is 513 g/mol. The van der Waals surface area contributed by atoms with E-state index in [1.807, 2.05) is 25.1 Å². The lowest BCUT2D eigenvalue weighted by atomic mass is 9.74. The van der Waals surface area contributed by atoms with E-state index in [0.717, 1.165) is 37.7 Å². The van der Waals surface area contributed by atoms with Gasteiger partial charge in [-0.25, -0.2) is 0 Å². The second kappa shape index (κ2) is 9.82. The van der Waals surface area contributed by atoms with Crippen molar-refractivity contribution in [3.8, 4) is 0 Å². The quantitative estimate of drug-likeness (QED) is 0.534. The van der Waals surface area contributed by atoms with E-state index in [4.69, 9.17) is 16.3 Å². The minimum atomic E-state index is -1.12. The normalized spacial score (nSPS) is 31.2. The van der Waals surface area contributed by atoms with Gasteiger partial charge in [-0.1, -0.05) is 62.9 Å². The minimum absolute atomic E-state index is 0.122. The van der Waals surface area contributed by atoms with Crippen LogP contribution in [0.2, 0.25) is 5.02 Å². The molecule has 1 spiro atoms. The zero-order valence-electron chi connectivity index (χ0n) is 21.3. The zero-order chi connectivity index (χ0) is 25.6. The Morgan fingerprint density at radius 2 is 1.94 bits per heavy atom. The molecule has 1 aromatic rings. The highest BCUT2D eigenvalue weighted by Crippen LogP contribution is 2.55. The van der Waals surface area contributed by atoms with Gasteiger partial charge in [0.05, 0.1) is 17.9 Å². The predicted octanol–water partition coefficient (Wildman–Crippen LogP) is 4.23. The number of hydrogen-bond acceptors (Lipinski definition) is 4. The lowest BCUT2D eigenvalue weighted by molar-refractivity contribution is -0.141. The average molecular weight is 514 g/mol. The van der Waals surface area contributed by atoms with Crippen LogP contribution in [-0.2, 0) is 19.1 Å². The van der Waals surface area contributed by atoms with Gasteiger partial charge in [0.15, 0.2) is 0 Å². The standard InChI is InChI=1S/C28H36ClN3O4/c1-16(2)12-14-32-24(26(34)30-18-7-5-4-6-8-18)28-13-11-21(36-28)22(23(28)27(32)35)25(33)31-19-10-9-17(3)20(29)15-19/h9-11,13,15-16,18,21-24H,4-8,12,14H2,1-3H3,(H,30,34)(H,31,33)/t21-,22-,23-,24+,28-/m0/s1. The van der Waals surface area contributed by atoms with E-state index >= 15 is 0 Å². The summed E-state index contributed by atoms with van der Waals surface area (Å²) < 4.78 is 6.41. The SMILES string of the molecule is Cc1ccc(NC(=O)[C@H]2[C@@H]3C=C[C@]4(O3)[C@@H]2C(=O)N(CCC(C)C)[C@@H]4C(=O)NC2CCCCC2)cc1Cl. The molecule has 3 amide bonds. The molecule has 4 aliphatic rings. The number of fused-ring (bicyclic) bond motifs is 1. The van der Waals surface area contributed by atoms with Crippen molar-refractivity contribution in [3.05, 3.63) is 40.9 Å². The summed E-state index contributed by atoms with van der Waals surface area (Å²) in [5, 5.41) is 6.72. The van der Waals surface area contributed by atoms with Crippen molar-refractivity contribution in [2.24, 2.45) is 17.8 Å². The molecule has 1 saturated carbocycles. The maximum Gasteiger partial charge on any atom is 0.246 e.